The van der Waals surface area contributed by atoms with E-state index in [1.54, 1.807) is 11.3 Å². The molecule has 0 amide bonds. The first-order valence-corrected chi connectivity index (χ1v) is 9.76. The van der Waals surface area contributed by atoms with E-state index in [2.05, 4.69) is 23.2 Å². The van der Waals surface area contributed by atoms with Crippen LogP contribution in [0.2, 0.25) is 0 Å². The number of carbonyl (C=O) groups is 1. The van der Waals surface area contributed by atoms with Crippen LogP contribution in [0.4, 0.5) is 0 Å². The first kappa shape index (κ1) is 17.3. The van der Waals surface area contributed by atoms with Gasteiger partial charge in [0, 0.05) is 12.2 Å². The van der Waals surface area contributed by atoms with Crippen LogP contribution in [0.3, 0.4) is 0 Å². The maximum atomic E-state index is 10.4. The molecule has 0 unspecified atom stereocenters. The molecule has 0 aliphatic rings. The van der Waals surface area contributed by atoms with Crippen LogP contribution >= 0.6 is 23.1 Å². The fraction of sp³-hybridized carbons (Fsp3) is 0.529. The largest absolute Gasteiger partial charge is 0.481 e. The Kier molecular flexibility index (Phi) is 7.74. The van der Waals surface area contributed by atoms with E-state index in [4.69, 9.17) is 5.11 Å². The molecule has 120 valence electrons. The first-order valence-electron chi connectivity index (χ1n) is 7.96. The molecule has 0 bridgehead atoms. The van der Waals surface area contributed by atoms with Crippen LogP contribution in [0.15, 0.2) is 28.6 Å². The third kappa shape index (κ3) is 6.36. The van der Waals surface area contributed by atoms with Gasteiger partial charge >= 0.3 is 5.97 Å². The van der Waals surface area contributed by atoms with Crippen LogP contribution in [-0.2, 0) is 4.79 Å². The van der Waals surface area contributed by atoms with Crippen LogP contribution in [0, 0.1) is 0 Å². The van der Waals surface area contributed by atoms with Gasteiger partial charge in [-0.15, -0.1) is 11.3 Å². The lowest BCUT2D eigenvalue weighted by molar-refractivity contribution is -0.137. The summed E-state index contributed by atoms with van der Waals surface area (Å²) in [6.07, 6.45) is 8.33. The number of hydrogen-bond donors (Lipinski definition) is 1. The lowest BCUT2D eigenvalue weighted by atomic mass is 10.1. The number of nitrogens with zero attached hydrogens (tertiary/aromatic N) is 1. The SMILES string of the molecule is O=C(O)CCCCCCCCCSc1nc2ccccc2s1. The molecule has 1 N–H and O–H groups in total. The van der Waals surface area contributed by atoms with Crippen LogP contribution < -0.4 is 0 Å². The minimum absolute atomic E-state index is 0.318. The highest BCUT2D eigenvalue weighted by molar-refractivity contribution is 8.01. The number of aromatic nitrogens is 1. The summed E-state index contributed by atoms with van der Waals surface area (Å²) < 4.78 is 2.45. The molecule has 0 aliphatic carbocycles. The van der Waals surface area contributed by atoms with Crippen molar-refractivity contribution >= 4 is 39.3 Å². The number of para-hydroxylation sites is 1. The van der Waals surface area contributed by atoms with Gasteiger partial charge in [-0.05, 0) is 25.0 Å². The van der Waals surface area contributed by atoms with Crippen molar-refractivity contribution in [2.75, 3.05) is 5.75 Å². The fourth-order valence-electron chi connectivity index (χ4n) is 2.33. The number of carboxylic acids is 1. The van der Waals surface area contributed by atoms with Crippen LogP contribution in [0.1, 0.15) is 51.4 Å². The zero-order valence-electron chi connectivity index (χ0n) is 12.8. The van der Waals surface area contributed by atoms with Gasteiger partial charge in [-0.25, -0.2) is 4.98 Å². The number of hydrogen-bond acceptors (Lipinski definition) is 4. The van der Waals surface area contributed by atoms with Crippen molar-refractivity contribution in [2.45, 2.75) is 55.7 Å². The molecule has 1 aromatic heterocycles. The Balaban J connectivity index is 1.48. The predicted octanol–water partition coefficient (Wildman–Crippen LogP) is 5.59. The summed E-state index contributed by atoms with van der Waals surface area (Å²) >= 11 is 3.64. The maximum Gasteiger partial charge on any atom is 0.303 e. The number of aliphatic carboxylic acids is 1. The highest BCUT2D eigenvalue weighted by Crippen LogP contribution is 2.29. The van der Waals surface area contributed by atoms with Crippen molar-refractivity contribution in [2.24, 2.45) is 0 Å². The lowest BCUT2D eigenvalue weighted by Gasteiger charge is -2.01. The third-order valence-corrected chi connectivity index (χ3v) is 5.80. The number of thiazole rings is 1. The highest BCUT2D eigenvalue weighted by Gasteiger charge is 2.03. The molecule has 2 rings (SSSR count). The van der Waals surface area contributed by atoms with E-state index in [1.807, 2.05) is 17.8 Å². The van der Waals surface area contributed by atoms with Gasteiger partial charge in [0.1, 0.15) is 0 Å². The average Bonchev–Trinajstić information content (AvgIpc) is 2.91. The van der Waals surface area contributed by atoms with E-state index in [0.29, 0.717) is 6.42 Å². The van der Waals surface area contributed by atoms with E-state index in [-0.39, 0.29) is 0 Å². The smallest absolute Gasteiger partial charge is 0.303 e. The summed E-state index contributed by atoms with van der Waals surface area (Å²) in [6.45, 7) is 0. The van der Waals surface area contributed by atoms with Gasteiger partial charge in [-0.2, -0.15) is 0 Å². The molecule has 0 atom stereocenters. The third-order valence-electron chi connectivity index (χ3n) is 3.53. The Bertz CT molecular complexity index is 550. The van der Waals surface area contributed by atoms with E-state index >= 15 is 0 Å². The van der Waals surface area contributed by atoms with E-state index in [9.17, 15) is 4.79 Å². The minimum Gasteiger partial charge on any atom is -0.481 e. The quantitative estimate of drug-likeness (QED) is 0.429. The molecule has 0 aliphatic heterocycles. The van der Waals surface area contributed by atoms with Gasteiger partial charge < -0.3 is 5.11 Å². The van der Waals surface area contributed by atoms with Gasteiger partial charge in [0.25, 0.3) is 0 Å². The van der Waals surface area contributed by atoms with Gasteiger partial charge in [0.15, 0.2) is 4.34 Å². The topological polar surface area (TPSA) is 50.2 Å². The van der Waals surface area contributed by atoms with E-state index in [0.717, 1.165) is 30.5 Å². The minimum atomic E-state index is -0.674. The molecule has 1 heterocycles. The zero-order chi connectivity index (χ0) is 15.6. The van der Waals surface area contributed by atoms with Crippen molar-refractivity contribution in [3.63, 3.8) is 0 Å². The summed E-state index contributed by atoms with van der Waals surface area (Å²) in [5.41, 5.74) is 1.11. The molecule has 22 heavy (non-hydrogen) atoms. The fourth-order valence-corrected chi connectivity index (χ4v) is 4.47. The summed E-state index contributed by atoms with van der Waals surface area (Å²) in [7, 11) is 0. The van der Waals surface area contributed by atoms with Crippen LogP contribution in [0.5, 0.6) is 0 Å². The number of unbranched alkanes of at least 4 members (excludes halogenated alkanes) is 6. The molecule has 0 saturated carbocycles. The van der Waals surface area contributed by atoms with E-state index in [1.165, 1.54) is 34.7 Å². The number of benzene rings is 1. The number of thioether (sulfide) groups is 1. The molecule has 0 saturated heterocycles. The Hall–Kier alpha value is -1.07. The zero-order valence-corrected chi connectivity index (χ0v) is 14.4. The second-order valence-electron chi connectivity index (χ2n) is 5.41. The maximum absolute atomic E-state index is 10.4. The van der Waals surface area contributed by atoms with Crippen LogP contribution in [0.25, 0.3) is 10.2 Å². The standard InChI is InChI=1S/C17H23NO2S2/c19-16(20)12-6-4-2-1-3-5-9-13-21-17-18-14-10-7-8-11-15(14)22-17/h7-8,10-11H,1-6,9,12-13H2,(H,19,20). The highest BCUT2D eigenvalue weighted by atomic mass is 32.2. The molecule has 0 fully saturated rings. The molecule has 0 spiro atoms. The second-order valence-corrected chi connectivity index (χ2v) is 7.79. The van der Waals surface area contributed by atoms with Gasteiger partial charge in [0.2, 0.25) is 0 Å². The lowest BCUT2D eigenvalue weighted by Crippen LogP contribution is -1.93. The average molecular weight is 338 g/mol. The van der Waals surface area contributed by atoms with Gasteiger partial charge in [-0.1, -0.05) is 56.0 Å². The number of fused-ring (bicyclic) bond motifs is 1. The van der Waals surface area contributed by atoms with Crippen molar-refractivity contribution < 1.29 is 9.90 Å². The molecule has 5 heteroatoms. The molecule has 3 nitrogen and oxygen atoms in total. The van der Waals surface area contributed by atoms with Crippen molar-refractivity contribution in [3.05, 3.63) is 24.3 Å². The molecular weight excluding hydrogens is 314 g/mol. The summed E-state index contributed by atoms with van der Waals surface area (Å²) in [5, 5.41) is 8.55. The Morgan fingerprint density at radius 1 is 1.05 bits per heavy atom. The normalized spacial score (nSPS) is 11.1. The Morgan fingerprint density at radius 3 is 2.45 bits per heavy atom. The molecule has 0 radical (unpaired) electrons. The Labute approximate surface area is 140 Å². The number of carboxylic acid groups (broad SMARTS) is 1. The van der Waals surface area contributed by atoms with Crippen LogP contribution in [-0.4, -0.2) is 21.8 Å². The molecule has 1 aromatic carbocycles. The Morgan fingerprint density at radius 2 is 1.73 bits per heavy atom. The van der Waals surface area contributed by atoms with E-state index < -0.39 is 5.97 Å². The molecule has 2 aromatic rings. The summed E-state index contributed by atoms with van der Waals surface area (Å²) in [6, 6.07) is 8.29. The van der Waals surface area contributed by atoms with Crippen molar-refractivity contribution in [3.8, 4) is 0 Å². The molecular formula is C17H23NO2S2. The monoisotopic (exact) mass is 337 g/mol. The number of rotatable bonds is 11. The summed E-state index contributed by atoms with van der Waals surface area (Å²) in [4.78, 5) is 15.0. The van der Waals surface area contributed by atoms with Crippen molar-refractivity contribution in [1.29, 1.82) is 0 Å². The second kappa shape index (κ2) is 9.85. The van der Waals surface area contributed by atoms with Crippen molar-refractivity contribution in [1.82, 2.24) is 4.98 Å². The summed E-state index contributed by atoms with van der Waals surface area (Å²) in [5.74, 6) is 0.464. The van der Waals surface area contributed by atoms with Gasteiger partial charge in [-0.3, -0.25) is 4.79 Å². The van der Waals surface area contributed by atoms with Gasteiger partial charge in [0.05, 0.1) is 10.2 Å². The first-order chi connectivity index (χ1) is 10.8. The predicted molar refractivity (Wildman–Crippen MR) is 94.9 cm³/mol.